The van der Waals surface area contributed by atoms with Crippen LogP contribution in [-0.2, 0) is 9.63 Å². The van der Waals surface area contributed by atoms with Crippen molar-refractivity contribution in [1.82, 2.24) is 10.3 Å². The topological polar surface area (TPSA) is 107 Å². The van der Waals surface area contributed by atoms with Gasteiger partial charge in [-0.05, 0) is 19.1 Å². The quantitative estimate of drug-likeness (QED) is 0.780. The third-order valence-corrected chi connectivity index (χ3v) is 2.62. The van der Waals surface area contributed by atoms with Crippen LogP contribution in [0.1, 0.15) is 22.6 Å². The van der Waals surface area contributed by atoms with Crippen molar-refractivity contribution in [3.05, 3.63) is 29.6 Å². The van der Waals surface area contributed by atoms with E-state index in [-0.39, 0.29) is 12.5 Å². The zero-order chi connectivity index (χ0) is 13.8. The standard InChI is InChI=1S/C12H14N4O3/c1-7-3-2-4-9(15-7)12(18)14-6-8-5-10(11(13)17)19-16-8/h2-4,10H,5-6H2,1H3,(H2,13,17)(H,14,18). The third kappa shape index (κ3) is 3.27. The van der Waals surface area contributed by atoms with Gasteiger partial charge in [-0.3, -0.25) is 9.59 Å². The van der Waals surface area contributed by atoms with Gasteiger partial charge in [0.05, 0.1) is 12.3 Å². The smallest absolute Gasteiger partial charge is 0.270 e. The molecule has 1 unspecified atom stereocenters. The van der Waals surface area contributed by atoms with Crippen molar-refractivity contribution in [2.75, 3.05) is 6.54 Å². The van der Waals surface area contributed by atoms with Crippen LogP contribution in [-0.4, -0.2) is 35.2 Å². The molecule has 7 heteroatoms. The second-order valence-electron chi connectivity index (χ2n) is 4.20. The molecule has 0 bridgehead atoms. The minimum absolute atomic E-state index is 0.207. The van der Waals surface area contributed by atoms with Crippen molar-refractivity contribution in [1.29, 1.82) is 0 Å². The van der Waals surface area contributed by atoms with Crippen LogP contribution in [0.2, 0.25) is 0 Å². The lowest BCUT2D eigenvalue weighted by Crippen LogP contribution is -2.32. The molecule has 3 N–H and O–H groups in total. The largest absolute Gasteiger partial charge is 0.382 e. The molecular weight excluding hydrogens is 248 g/mol. The summed E-state index contributed by atoms with van der Waals surface area (Å²) in [6.07, 6.45) is -0.430. The Morgan fingerprint density at radius 1 is 1.53 bits per heavy atom. The molecule has 1 aliphatic rings. The number of nitrogens with two attached hydrogens (primary N) is 1. The van der Waals surface area contributed by atoms with Crippen LogP contribution in [0.3, 0.4) is 0 Å². The van der Waals surface area contributed by atoms with Crippen LogP contribution in [0.15, 0.2) is 23.4 Å². The second kappa shape index (κ2) is 5.47. The van der Waals surface area contributed by atoms with E-state index in [9.17, 15) is 9.59 Å². The summed E-state index contributed by atoms with van der Waals surface area (Å²) in [5, 5.41) is 6.37. The number of carbonyl (C=O) groups is 2. The number of rotatable bonds is 4. The van der Waals surface area contributed by atoms with Gasteiger partial charge in [0.15, 0.2) is 0 Å². The van der Waals surface area contributed by atoms with E-state index in [0.717, 1.165) is 5.69 Å². The first kappa shape index (κ1) is 13.0. The van der Waals surface area contributed by atoms with Gasteiger partial charge in [-0.25, -0.2) is 4.98 Å². The van der Waals surface area contributed by atoms with Crippen LogP contribution in [0.25, 0.3) is 0 Å². The molecule has 1 aliphatic heterocycles. The Hall–Kier alpha value is -2.44. The maximum absolute atomic E-state index is 11.8. The normalized spacial score (nSPS) is 17.5. The predicted octanol–water partition coefficient (Wildman–Crippen LogP) is -0.250. The number of carbonyl (C=O) groups excluding carboxylic acids is 2. The minimum atomic E-state index is -0.732. The number of aromatic nitrogens is 1. The minimum Gasteiger partial charge on any atom is -0.382 e. The first-order valence-electron chi connectivity index (χ1n) is 5.79. The number of nitrogens with one attached hydrogen (secondary N) is 1. The van der Waals surface area contributed by atoms with Crippen molar-refractivity contribution in [3.8, 4) is 0 Å². The van der Waals surface area contributed by atoms with Crippen LogP contribution >= 0.6 is 0 Å². The summed E-state index contributed by atoms with van der Waals surface area (Å²) in [6, 6.07) is 5.20. The lowest BCUT2D eigenvalue weighted by atomic mass is 10.1. The van der Waals surface area contributed by atoms with Gasteiger partial charge in [0.2, 0.25) is 6.10 Å². The number of pyridine rings is 1. The Kier molecular flexibility index (Phi) is 3.74. The molecule has 0 radical (unpaired) electrons. The first-order valence-corrected chi connectivity index (χ1v) is 5.79. The van der Waals surface area contributed by atoms with Crippen molar-refractivity contribution >= 4 is 17.5 Å². The maximum atomic E-state index is 11.8. The van der Waals surface area contributed by atoms with Gasteiger partial charge in [-0.15, -0.1) is 0 Å². The zero-order valence-corrected chi connectivity index (χ0v) is 10.4. The highest BCUT2D eigenvalue weighted by Crippen LogP contribution is 2.09. The summed E-state index contributed by atoms with van der Waals surface area (Å²) in [5.41, 5.74) is 6.77. The molecule has 0 saturated carbocycles. The molecule has 0 fully saturated rings. The third-order valence-electron chi connectivity index (χ3n) is 2.62. The summed E-state index contributed by atoms with van der Waals surface area (Å²) in [7, 11) is 0. The zero-order valence-electron chi connectivity index (χ0n) is 10.4. The van der Waals surface area contributed by atoms with Crippen molar-refractivity contribution in [3.63, 3.8) is 0 Å². The van der Waals surface area contributed by atoms with Crippen LogP contribution < -0.4 is 11.1 Å². The van der Waals surface area contributed by atoms with Gasteiger partial charge in [-0.1, -0.05) is 11.2 Å². The van der Waals surface area contributed by atoms with E-state index in [0.29, 0.717) is 17.8 Å². The van der Waals surface area contributed by atoms with Gasteiger partial charge >= 0.3 is 0 Å². The Morgan fingerprint density at radius 3 is 2.95 bits per heavy atom. The fourth-order valence-electron chi connectivity index (χ4n) is 1.63. The predicted molar refractivity (Wildman–Crippen MR) is 67.4 cm³/mol. The van der Waals surface area contributed by atoms with E-state index in [1.54, 1.807) is 12.1 Å². The molecule has 19 heavy (non-hydrogen) atoms. The van der Waals surface area contributed by atoms with Crippen LogP contribution in [0.4, 0.5) is 0 Å². The summed E-state index contributed by atoms with van der Waals surface area (Å²) >= 11 is 0. The lowest BCUT2D eigenvalue weighted by Gasteiger charge is -2.04. The Labute approximate surface area is 109 Å². The summed E-state index contributed by atoms with van der Waals surface area (Å²) in [5.74, 6) is -0.862. The van der Waals surface area contributed by atoms with Gasteiger partial charge < -0.3 is 15.9 Å². The molecule has 7 nitrogen and oxygen atoms in total. The number of nitrogens with zero attached hydrogens (tertiary/aromatic N) is 2. The first-order chi connectivity index (χ1) is 9.06. The molecule has 1 aromatic rings. The molecule has 0 aliphatic carbocycles. The highest BCUT2D eigenvalue weighted by atomic mass is 16.6. The van der Waals surface area contributed by atoms with Crippen LogP contribution in [0, 0.1) is 6.92 Å². The number of aryl methyl sites for hydroxylation is 1. The van der Waals surface area contributed by atoms with Crippen molar-refractivity contribution in [2.24, 2.45) is 10.9 Å². The summed E-state index contributed by atoms with van der Waals surface area (Å²) < 4.78 is 0. The van der Waals surface area contributed by atoms with E-state index in [1.807, 2.05) is 13.0 Å². The summed E-state index contributed by atoms with van der Waals surface area (Å²) in [6.45, 7) is 2.02. The highest BCUT2D eigenvalue weighted by molar-refractivity contribution is 5.98. The molecule has 2 rings (SSSR count). The lowest BCUT2D eigenvalue weighted by molar-refractivity contribution is -0.127. The fraction of sp³-hybridized carbons (Fsp3) is 0.333. The SMILES string of the molecule is Cc1cccc(C(=O)NCC2=NOC(C(N)=O)C2)n1. The molecule has 0 saturated heterocycles. The van der Waals surface area contributed by atoms with Gasteiger partial charge in [-0.2, -0.15) is 0 Å². The van der Waals surface area contributed by atoms with Gasteiger partial charge in [0.25, 0.3) is 11.8 Å². The molecule has 0 spiro atoms. The van der Waals surface area contributed by atoms with E-state index < -0.39 is 12.0 Å². The molecule has 0 aromatic carbocycles. The number of oxime groups is 1. The summed E-state index contributed by atoms with van der Waals surface area (Å²) in [4.78, 5) is 31.6. The second-order valence-corrected chi connectivity index (χ2v) is 4.20. The Morgan fingerprint density at radius 2 is 2.32 bits per heavy atom. The molecule has 2 amide bonds. The number of amides is 2. The average Bonchev–Trinajstić information content (AvgIpc) is 2.85. The number of primary amides is 1. The van der Waals surface area contributed by atoms with E-state index in [1.165, 1.54) is 0 Å². The average molecular weight is 262 g/mol. The Bertz CT molecular complexity index is 542. The van der Waals surface area contributed by atoms with E-state index >= 15 is 0 Å². The van der Waals surface area contributed by atoms with Crippen LogP contribution in [0.5, 0.6) is 0 Å². The molecule has 1 aromatic heterocycles. The Balaban J connectivity index is 1.87. The fourth-order valence-corrected chi connectivity index (χ4v) is 1.63. The van der Waals surface area contributed by atoms with Gasteiger partial charge in [0.1, 0.15) is 5.69 Å². The maximum Gasteiger partial charge on any atom is 0.270 e. The molecular formula is C12H14N4O3. The van der Waals surface area contributed by atoms with Crippen molar-refractivity contribution < 1.29 is 14.4 Å². The van der Waals surface area contributed by atoms with Crippen molar-refractivity contribution in [2.45, 2.75) is 19.4 Å². The van der Waals surface area contributed by atoms with E-state index in [4.69, 9.17) is 10.6 Å². The molecule has 2 heterocycles. The monoisotopic (exact) mass is 262 g/mol. The number of hydrogen-bond acceptors (Lipinski definition) is 5. The van der Waals surface area contributed by atoms with E-state index in [2.05, 4.69) is 15.5 Å². The molecule has 1 atom stereocenters. The molecule has 100 valence electrons. The highest BCUT2D eigenvalue weighted by Gasteiger charge is 2.26. The van der Waals surface area contributed by atoms with Gasteiger partial charge in [0, 0.05) is 12.1 Å². The number of hydrogen-bond donors (Lipinski definition) is 2.